The molecule has 1 aromatic rings. The third kappa shape index (κ3) is 4.13. The molecule has 1 amide bonds. The Kier molecular flexibility index (Phi) is 5.62. The Balaban J connectivity index is 1.28. The van der Waals surface area contributed by atoms with Crippen LogP contribution in [0.2, 0.25) is 0 Å². The molecule has 1 aromatic heterocycles. The lowest BCUT2D eigenvalue weighted by Gasteiger charge is -2.41. The van der Waals surface area contributed by atoms with Gasteiger partial charge in [0.1, 0.15) is 5.76 Å². The molecule has 144 valence electrons. The van der Waals surface area contributed by atoms with Crippen LogP contribution in [0.1, 0.15) is 54.8 Å². The number of hydrogen-bond acceptors (Lipinski definition) is 5. The van der Waals surface area contributed by atoms with E-state index in [2.05, 4.69) is 9.80 Å². The number of furan rings is 1. The summed E-state index contributed by atoms with van der Waals surface area (Å²) in [7, 11) is 0. The number of piperidine rings is 2. The number of β-amino-alcohol motifs (C(OH)–C–C–N with tert-alkyl or cyclic N) is 1. The van der Waals surface area contributed by atoms with Crippen LogP contribution in [0.25, 0.3) is 0 Å². The van der Waals surface area contributed by atoms with Gasteiger partial charge in [-0.25, -0.2) is 0 Å². The second kappa shape index (κ2) is 8.11. The van der Waals surface area contributed by atoms with Crippen LogP contribution in [0.3, 0.4) is 0 Å². The number of nitrogens with zero attached hydrogens (tertiary/aromatic N) is 3. The predicted octanol–water partition coefficient (Wildman–Crippen LogP) is 1.94. The number of amides is 1. The molecular formula is C20H31N3O3. The van der Waals surface area contributed by atoms with Crippen LogP contribution in [0.15, 0.2) is 16.5 Å². The molecule has 3 aliphatic heterocycles. The van der Waals surface area contributed by atoms with Gasteiger partial charge in [0.15, 0.2) is 5.76 Å². The third-order valence-corrected chi connectivity index (χ3v) is 6.15. The molecule has 0 aliphatic carbocycles. The Bertz CT molecular complexity index is 603. The second-order valence-corrected chi connectivity index (χ2v) is 8.06. The molecule has 0 aromatic carbocycles. The molecule has 0 spiro atoms. The molecule has 4 rings (SSSR count). The smallest absolute Gasteiger partial charge is 0.289 e. The van der Waals surface area contributed by atoms with E-state index in [4.69, 9.17) is 4.42 Å². The van der Waals surface area contributed by atoms with Crippen molar-refractivity contribution in [3.8, 4) is 0 Å². The van der Waals surface area contributed by atoms with E-state index >= 15 is 0 Å². The summed E-state index contributed by atoms with van der Waals surface area (Å²) in [4.78, 5) is 19.5. The normalized spacial score (nSPS) is 26.5. The van der Waals surface area contributed by atoms with Gasteiger partial charge in [0.05, 0.1) is 12.6 Å². The molecule has 1 atom stereocenters. The van der Waals surface area contributed by atoms with E-state index in [0.717, 1.165) is 77.3 Å². The zero-order valence-electron chi connectivity index (χ0n) is 15.6. The lowest BCUT2D eigenvalue weighted by Crippen LogP contribution is -2.50. The summed E-state index contributed by atoms with van der Waals surface area (Å²) < 4.78 is 5.84. The summed E-state index contributed by atoms with van der Waals surface area (Å²) >= 11 is 0. The van der Waals surface area contributed by atoms with Crippen LogP contribution in [0.4, 0.5) is 0 Å². The first-order valence-electron chi connectivity index (χ1n) is 10.2. The number of rotatable bonds is 4. The van der Waals surface area contributed by atoms with Gasteiger partial charge in [-0.15, -0.1) is 0 Å². The van der Waals surface area contributed by atoms with Crippen molar-refractivity contribution in [2.24, 2.45) is 0 Å². The molecule has 26 heavy (non-hydrogen) atoms. The number of hydrogen-bond donors (Lipinski definition) is 1. The highest BCUT2D eigenvalue weighted by molar-refractivity contribution is 5.91. The van der Waals surface area contributed by atoms with Crippen LogP contribution in [0, 0.1) is 0 Å². The van der Waals surface area contributed by atoms with Crippen molar-refractivity contribution >= 4 is 5.91 Å². The highest BCUT2D eigenvalue weighted by Crippen LogP contribution is 2.23. The van der Waals surface area contributed by atoms with E-state index in [1.165, 1.54) is 12.8 Å². The van der Waals surface area contributed by atoms with E-state index in [9.17, 15) is 9.90 Å². The molecule has 3 saturated heterocycles. The largest absolute Gasteiger partial charge is 0.455 e. The maximum atomic E-state index is 12.8. The van der Waals surface area contributed by atoms with Gasteiger partial charge in [-0.1, -0.05) is 0 Å². The van der Waals surface area contributed by atoms with Gasteiger partial charge < -0.3 is 14.4 Å². The number of carbonyl (C=O) groups is 1. The summed E-state index contributed by atoms with van der Waals surface area (Å²) in [5.41, 5.74) is 0. The van der Waals surface area contributed by atoms with Crippen molar-refractivity contribution in [1.82, 2.24) is 14.7 Å². The maximum absolute atomic E-state index is 12.8. The maximum Gasteiger partial charge on any atom is 0.289 e. The average molecular weight is 361 g/mol. The molecule has 6 heteroatoms. The van der Waals surface area contributed by atoms with Crippen LogP contribution in [-0.4, -0.2) is 77.1 Å². The van der Waals surface area contributed by atoms with E-state index < -0.39 is 0 Å². The fraction of sp³-hybridized carbons (Fsp3) is 0.750. The van der Waals surface area contributed by atoms with Crippen LogP contribution >= 0.6 is 0 Å². The van der Waals surface area contributed by atoms with Crippen molar-refractivity contribution in [2.45, 2.75) is 57.2 Å². The Labute approximate surface area is 155 Å². The quantitative estimate of drug-likeness (QED) is 0.888. The topological polar surface area (TPSA) is 60.2 Å². The van der Waals surface area contributed by atoms with Crippen LogP contribution in [0.5, 0.6) is 0 Å². The lowest BCUT2D eigenvalue weighted by atomic mass is 9.99. The second-order valence-electron chi connectivity index (χ2n) is 8.06. The van der Waals surface area contributed by atoms with E-state index in [1.807, 2.05) is 17.0 Å². The summed E-state index contributed by atoms with van der Waals surface area (Å²) in [6, 6.07) is 4.28. The highest BCUT2D eigenvalue weighted by atomic mass is 16.4. The fourth-order valence-electron chi connectivity index (χ4n) is 4.64. The van der Waals surface area contributed by atoms with Gasteiger partial charge in [-0.05, 0) is 70.3 Å². The Morgan fingerprint density at radius 2 is 1.81 bits per heavy atom. The summed E-state index contributed by atoms with van der Waals surface area (Å²) in [5, 5.41) is 9.88. The zero-order chi connectivity index (χ0) is 17.9. The SMILES string of the molecule is O=C(c1ccc(CN2CCCC2)o1)N1CCC(N2CCC[C@H](O)C2)CC1. The molecule has 3 fully saturated rings. The van der Waals surface area contributed by atoms with Gasteiger partial charge in [0.2, 0.25) is 0 Å². The molecule has 0 radical (unpaired) electrons. The van der Waals surface area contributed by atoms with Gasteiger partial charge >= 0.3 is 0 Å². The third-order valence-electron chi connectivity index (χ3n) is 6.15. The lowest BCUT2D eigenvalue weighted by molar-refractivity contribution is 0.0233. The van der Waals surface area contributed by atoms with Crippen molar-refractivity contribution in [1.29, 1.82) is 0 Å². The van der Waals surface area contributed by atoms with Gasteiger partial charge in [-0.3, -0.25) is 14.6 Å². The Morgan fingerprint density at radius 3 is 2.54 bits per heavy atom. The molecule has 6 nitrogen and oxygen atoms in total. The molecule has 4 heterocycles. The molecular weight excluding hydrogens is 330 g/mol. The molecule has 0 unspecified atom stereocenters. The molecule has 0 saturated carbocycles. The van der Waals surface area contributed by atoms with Crippen molar-refractivity contribution in [3.63, 3.8) is 0 Å². The zero-order valence-corrected chi connectivity index (χ0v) is 15.6. The number of aliphatic hydroxyl groups excluding tert-OH is 1. The van der Waals surface area contributed by atoms with Crippen molar-refractivity contribution in [3.05, 3.63) is 23.7 Å². The standard InChI is InChI=1S/C20H31N3O3/c24-17-4-3-11-23(14-17)16-7-12-22(13-8-16)20(25)19-6-5-18(26-19)15-21-9-1-2-10-21/h5-6,16-17,24H,1-4,7-15H2/t17-/m0/s1. The molecule has 1 N–H and O–H groups in total. The van der Waals surface area contributed by atoms with Crippen LogP contribution in [-0.2, 0) is 6.54 Å². The minimum Gasteiger partial charge on any atom is -0.455 e. The number of aliphatic hydroxyl groups is 1. The summed E-state index contributed by atoms with van der Waals surface area (Å²) in [5.74, 6) is 1.40. The van der Waals surface area contributed by atoms with E-state index in [0.29, 0.717) is 11.8 Å². The minimum absolute atomic E-state index is 0.0230. The van der Waals surface area contributed by atoms with Gasteiger partial charge in [0, 0.05) is 25.7 Å². The minimum atomic E-state index is -0.180. The average Bonchev–Trinajstić information content (AvgIpc) is 3.34. The highest BCUT2D eigenvalue weighted by Gasteiger charge is 2.30. The van der Waals surface area contributed by atoms with E-state index in [1.54, 1.807) is 0 Å². The monoisotopic (exact) mass is 361 g/mol. The first-order chi connectivity index (χ1) is 12.7. The number of carbonyl (C=O) groups excluding carboxylic acids is 1. The first-order valence-corrected chi connectivity index (χ1v) is 10.2. The predicted molar refractivity (Wildman–Crippen MR) is 99.0 cm³/mol. The van der Waals surface area contributed by atoms with Crippen LogP contribution < -0.4 is 0 Å². The fourth-order valence-corrected chi connectivity index (χ4v) is 4.64. The van der Waals surface area contributed by atoms with Crippen molar-refractivity contribution < 1.29 is 14.3 Å². The van der Waals surface area contributed by atoms with Crippen molar-refractivity contribution in [2.75, 3.05) is 39.3 Å². The van der Waals surface area contributed by atoms with Gasteiger partial charge in [0.25, 0.3) is 5.91 Å². The molecule has 0 bridgehead atoms. The summed E-state index contributed by atoms with van der Waals surface area (Å²) in [6.45, 7) is 6.49. The van der Waals surface area contributed by atoms with E-state index in [-0.39, 0.29) is 12.0 Å². The number of likely N-dealkylation sites (tertiary alicyclic amines) is 3. The Hall–Kier alpha value is -1.37. The molecule has 3 aliphatic rings. The van der Waals surface area contributed by atoms with Gasteiger partial charge in [-0.2, -0.15) is 0 Å². The first kappa shape index (κ1) is 18.0. The summed E-state index contributed by atoms with van der Waals surface area (Å²) in [6.07, 6.45) is 6.31. The Morgan fingerprint density at radius 1 is 1.04 bits per heavy atom.